The number of fused-ring (bicyclic) bond motifs is 1. The Labute approximate surface area is 103 Å². The van der Waals surface area contributed by atoms with E-state index in [0.717, 1.165) is 18.6 Å². The Bertz CT molecular complexity index is 390. The lowest BCUT2D eigenvalue weighted by atomic mass is 9.88. The van der Waals surface area contributed by atoms with E-state index in [-0.39, 0.29) is 12.1 Å². The van der Waals surface area contributed by atoms with Crippen molar-refractivity contribution in [3.05, 3.63) is 29.3 Å². The van der Waals surface area contributed by atoms with Crippen LogP contribution in [0.3, 0.4) is 0 Å². The molecule has 0 aromatic heterocycles. The van der Waals surface area contributed by atoms with Crippen molar-refractivity contribution in [2.45, 2.75) is 51.4 Å². The highest BCUT2D eigenvalue weighted by Gasteiger charge is 2.18. The third kappa shape index (κ3) is 2.79. The highest BCUT2D eigenvalue weighted by Crippen LogP contribution is 2.31. The molecule has 0 heterocycles. The van der Waals surface area contributed by atoms with Crippen molar-refractivity contribution in [1.82, 2.24) is 0 Å². The first-order valence-electron chi connectivity index (χ1n) is 6.31. The lowest BCUT2D eigenvalue weighted by Crippen LogP contribution is -2.26. The summed E-state index contributed by atoms with van der Waals surface area (Å²) in [5.74, 6) is 0.800. The highest BCUT2D eigenvalue weighted by molar-refractivity contribution is 5.39. The molecule has 0 fully saturated rings. The van der Waals surface area contributed by atoms with Crippen LogP contribution in [-0.2, 0) is 6.42 Å². The molecule has 0 amide bonds. The first-order chi connectivity index (χ1) is 8.08. The molecule has 17 heavy (non-hydrogen) atoms. The number of nitrogens with two attached hydrogens (primary N) is 1. The molecule has 3 atom stereocenters. The second-order valence-electron chi connectivity index (χ2n) is 4.92. The zero-order valence-electron chi connectivity index (χ0n) is 10.5. The molecule has 3 nitrogen and oxygen atoms in total. The molecule has 2 rings (SSSR count). The number of rotatable bonds is 3. The van der Waals surface area contributed by atoms with Crippen LogP contribution in [0.4, 0.5) is 0 Å². The number of hydrogen-bond acceptors (Lipinski definition) is 3. The molecular formula is C14H21NO2. The molecule has 0 saturated heterocycles. The van der Waals surface area contributed by atoms with E-state index in [0.29, 0.717) is 0 Å². The van der Waals surface area contributed by atoms with E-state index in [1.165, 1.54) is 17.5 Å². The average Bonchev–Trinajstić information content (AvgIpc) is 2.30. The normalized spacial score (nSPS) is 22.7. The molecule has 0 saturated carbocycles. The van der Waals surface area contributed by atoms with Crippen LogP contribution in [0.2, 0.25) is 0 Å². The maximum atomic E-state index is 9.42. The fourth-order valence-electron chi connectivity index (χ4n) is 2.20. The van der Waals surface area contributed by atoms with Gasteiger partial charge in [-0.05, 0) is 56.4 Å². The van der Waals surface area contributed by atoms with Crippen LogP contribution in [0.1, 0.15) is 43.9 Å². The lowest BCUT2D eigenvalue weighted by molar-refractivity contribution is 0.0603. The Morgan fingerprint density at radius 2 is 2.18 bits per heavy atom. The van der Waals surface area contributed by atoms with Gasteiger partial charge in [0.15, 0.2) is 0 Å². The Morgan fingerprint density at radius 1 is 1.41 bits per heavy atom. The molecule has 0 aliphatic heterocycles. The maximum Gasteiger partial charge on any atom is 0.121 e. The zero-order chi connectivity index (χ0) is 12.4. The molecule has 1 aliphatic carbocycles. The van der Waals surface area contributed by atoms with E-state index in [2.05, 4.69) is 6.07 Å². The summed E-state index contributed by atoms with van der Waals surface area (Å²) in [6.07, 6.45) is 2.64. The number of benzene rings is 1. The third-order valence-electron chi connectivity index (χ3n) is 3.48. The lowest BCUT2D eigenvalue weighted by Gasteiger charge is -2.24. The number of aliphatic hydroxyl groups excluding tert-OH is 1. The van der Waals surface area contributed by atoms with Crippen molar-refractivity contribution < 1.29 is 9.84 Å². The monoisotopic (exact) mass is 235 g/mol. The predicted octanol–water partition coefficient (Wildman–Crippen LogP) is 2.17. The van der Waals surface area contributed by atoms with Gasteiger partial charge in [0.05, 0.1) is 6.10 Å². The van der Waals surface area contributed by atoms with Crippen LogP contribution < -0.4 is 10.5 Å². The second kappa shape index (κ2) is 5.07. The minimum Gasteiger partial charge on any atom is -0.488 e. The third-order valence-corrected chi connectivity index (χ3v) is 3.48. The molecule has 0 radical (unpaired) electrons. The van der Waals surface area contributed by atoms with E-state index in [4.69, 9.17) is 10.5 Å². The topological polar surface area (TPSA) is 55.5 Å². The Morgan fingerprint density at radius 3 is 2.88 bits per heavy atom. The molecule has 0 bridgehead atoms. The second-order valence-corrected chi connectivity index (χ2v) is 4.92. The van der Waals surface area contributed by atoms with Crippen LogP contribution in [0.25, 0.3) is 0 Å². The first kappa shape index (κ1) is 12.4. The molecule has 1 aromatic rings. The summed E-state index contributed by atoms with van der Waals surface area (Å²) >= 11 is 0. The summed E-state index contributed by atoms with van der Waals surface area (Å²) in [5, 5.41) is 9.42. The van der Waals surface area contributed by atoms with Gasteiger partial charge in [0.2, 0.25) is 0 Å². The van der Waals surface area contributed by atoms with Crippen molar-refractivity contribution in [2.24, 2.45) is 5.73 Å². The van der Waals surface area contributed by atoms with Gasteiger partial charge >= 0.3 is 0 Å². The SMILES string of the molecule is CC(O)C(C)Oc1ccc2c(c1)[C@H](N)CCC2. The van der Waals surface area contributed by atoms with Gasteiger partial charge in [-0.1, -0.05) is 6.07 Å². The van der Waals surface area contributed by atoms with E-state index in [1.54, 1.807) is 6.92 Å². The largest absolute Gasteiger partial charge is 0.488 e. The highest BCUT2D eigenvalue weighted by atomic mass is 16.5. The molecular weight excluding hydrogens is 214 g/mol. The fraction of sp³-hybridized carbons (Fsp3) is 0.571. The van der Waals surface area contributed by atoms with E-state index in [1.807, 2.05) is 19.1 Å². The summed E-state index contributed by atoms with van der Waals surface area (Å²) < 4.78 is 5.68. The van der Waals surface area contributed by atoms with Gasteiger partial charge in [0, 0.05) is 6.04 Å². The summed E-state index contributed by atoms with van der Waals surface area (Å²) in [4.78, 5) is 0. The summed E-state index contributed by atoms with van der Waals surface area (Å²) in [5.41, 5.74) is 8.64. The van der Waals surface area contributed by atoms with Crippen molar-refractivity contribution in [3.63, 3.8) is 0 Å². The van der Waals surface area contributed by atoms with Crippen molar-refractivity contribution in [2.75, 3.05) is 0 Å². The summed E-state index contributed by atoms with van der Waals surface area (Å²) in [6, 6.07) is 6.22. The number of ether oxygens (including phenoxy) is 1. The van der Waals surface area contributed by atoms with E-state index < -0.39 is 6.10 Å². The number of hydrogen-bond donors (Lipinski definition) is 2. The van der Waals surface area contributed by atoms with Crippen molar-refractivity contribution >= 4 is 0 Å². The van der Waals surface area contributed by atoms with Crippen LogP contribution in [-0.4, -0.2) is 17.3 Å². The maximum absolute atomic E-state index is 9.42. The molecule has 1 aromatic carbocycles. The van der Waals surface area contributed by atoms with Crippen LogP contribution in [0, 0.1) is 0 Å². The minimum atomic E-state index is -0.472. The van der Waals surface area contributed by atoms with Gasteiger partial charge in [0.25, 0.3) is 0 Å². The van der Waals surface area contributed by atoms with E-state index in [9.17, 15) is 5.11 Å². The average molecular weight is 235 g/mol. The van der Waals surface area contributed by atoms with Crippen LogP contribution in [0.5, 0.6) is 5.75 Å². The van der Waals surface area contributed by atoms with Gasteiger partial charge in [-0.25, -0.2) is 0 Å². The predicted molar refractivity (Wildman–Crippen MR) is 68.1 cm³/mol. The number of aliphatic hydroxyl groups is 1. The van der Waals surface area contributed by atoms with Gasteiger partial charge < -0.3 is 15.6 Å². The Balaban J connectivity index is 2.18. The van der Waals surface area contributed by atoms with Crippen LogP contribution >= 0.6 is 0 Å². The Hall–Kier alpha value is -1.06. The molecule has 0 spiro atoms. The van der Waals surface area contributed by atoms with Gasteiger partial charge in [-0.15, -0.1) is 0 Å². The van der Waals surface area contributed by atoms with E-state index >= 15 is 0 Å². The molecule has 2 unspecified atom stereocenters. The van der Waals surface area contributed by atoms with Crippen LogP contribution in [0.15, 0.2) is 18.2 Å². The molecule has 1 aliphatic rings. The van der Waals surface area contributed by atoms with Crippen molar-refractivity contribution in [3.8, 4) is 5.75 Å². The first-order valence-corrected chi connectivity index (χ1v) is 6.31. The van der Waals surface area contributed by atoms with Gasteiger partial charge in [-0.2, -0.15) is 0 Å². The quantitative estimate of drug-likeness (QED) is 0.844. The zero-order valence-corrected chi connectivity index (χ0v) is 10.5. The number of aryl methyl sites for hydroxylation is 1. The summed E-state index contributed by atoms with van der Waals surface area (Å²) in [6.45, 7) is 3.60. The molecule has 94 valence electrons. The van der Waals surface area contributed by atoms with Gasteiger partial charge in [0.1, 0.15) is 11.9 Å². The fourth-order valence-corrected chi connectivity index (χ4v) is 2.20. The smallest absolute Gasteiger partial charge is 0.121 e. The molecule has 3 heteroatoms. The summed E-state index contributed by atoms with van der Waals surface area (Å²) in [7, 11) is 0. The standard InChI is InChI=1S/C14H21NO2/c1-9(16)10(2)17-12-7-6-11-4-3-5-14(15)13(11)8-12/h6-10,14,16H,3-5,15H2,1-2H3/t9?,10?,14-/m1/s1. The van der Waals surface area contributed by atoms with Gasteiger partial charge in [-0.3, -0.25) is 0 Å². The van der Waals surface area contributed by atoms with Crippen molar-refractivity contribution in [1.29, 1.82) is 0 Å². The minimum absolute atomic E-state index is 0.129. The molecule has 3 N–H and O–H groups in total. The Kier molecular flexibility index (Phi) is 3.69.